The van der Waals surface area contributed by atoms with Gasteiger partial charge >= 0.3 is 0 Å². The number of halogens is 2. The van der Waals surface area contributed by atoms with Gasteiger partial charge in [0, 0.05) is 5.56 Å². The van der Waals surface area contributed by atoms with E-state index in [0.717, 1.165) is 15.8 Å². The molecule has 0 aliphatic heterocycles. The van der Waals surface area contributed by atoms with Crippen LogP contribution in [0.1, 0.15) is 15.9 Å². The first-order valence-corrected chi connectivity index (χ1v) is 8.83. The van der Waals surface area contributed by atoms with Crippen molar-refractivity contribution in [2.75, 3.05) is 5.32 Å². The molecule has 3 aromatic rings. The van der Waals surface area contributed by atoms with Gasteiger partial charge in [-0.05, 0) is 57.9 Å². The van der Waals surface area contributed by atoms with Gasteiger partial charge in [0.05, 0.1) is 15.2 Å². The number of carbonyl (C=O) groups excluding carboxylic acids is 1. The van der Waals surface area contributed by atoms with Crippen molar-refractivity contribution in [3.63, 3.8) is 0 Å². The third-order valence-corrected chi connectivity index (χ3v) is 4.55. The molecule has 3 aromatic carbocycles. The Bertz CT molecular complexity index is 881. The van der Waals surface area contributed by atoms with Gasteiger partial charge in [-0.15, -0.1) is 0 Å². The van der Waals surface area contributed by atoms with E-state index in [9.17, 15) is 4.79 Å². The number of nitrogens with one attached hydrogen (secondary N) is 1. The van der Waals surface area contributed by atoms with Gasteiger partial charge in [-0.25, -0.2) is 0 Å². The smallest absolute Gasteiger partial charge is 0.255 e. The largest absolute Gasteiger partial charge is 0.488 e. The van der Waals surface area contributed by atoms with Crippen LogP contribution in [0.5, 0.6) is 5.75 Å². The van der Waals surface area contributed by atoms with E-state index in [4.69, 9.17) is 16.3 Å². The van der Waals surface area contributed by atoms with Gasteiger partial charge in [0.2, 0.25) is 0 Å². The van der Waals surface area contributed by atoms with Crippen molar-refractivity contribution in [1.82, 2.24) is 0 Å². The third kappa shape index (κ3) is 4.62. The van der Waals surface area contributed by atoms with Gasteiger partial charge in [-0.3, -0.25) is 4.79 Å². The second kappa shape index (κ2) is 8.19. The quantitative estimate of drug-likeness (QED) is 0.559. The topological polar surface area (TPSA) is 38.3 Å². The first-order valence-electron chi connectivity index (χ1n) is 7.65. The van der Waals surface area contributed by atoms with Gasteiger partial charge in [-0.1, -0.05) is 48.0 Å². The molecule has 0 fully saturated rings. The molecule has 0 spiro atoms. The van der Waals surface area contributed by atoms with E-state index in [0.29, 0.717) is 22.9 Å². The van der Waals surface area contributed by atoms with Crippen LogP contribution in [-0.4, -0.2) is 5.91 Å². The van der Waals surface area contributed by atoms with Crippen molar-refractivity contribution in [3.8, 4) is 5.75 Å². The van der Waals surface area contributed by atoms with E-state index >= 15 is 0 Å². The molecule has 3 rings (SSSR count). The summed E-state index contributed by atoms with van der Waals surface area (Å²) in [6.45, 7) is 0.426. The Morgan fingerprint density at radius 3 is 2.36 bits per heavy atom. The van der Waals surface area contributed by atoms with Crippen LogP contribution >= 0.6 is 27.5 Å². The van der Waals surface area contributed by atoms with Crippen molar-refractivity contribution in [2.45, 2.75) is 6.61 Å². The van der Waals surface area contributed by atoms with Crippen LogP contribution in [0.2, 0.25) is 5.02 Å². The summed E-state index contributed by atoms with van der Waals surface area (Å²) >= 11 is 9.51. The predicted molar refractivity (Wildman–Crippen MR) is 104 cm³/mol. The van der Waals surface area contributed by atoms with Gasteiger partial charge in [-0.2, -0.15) is 0 Å². The van der Waals surface area contributed by atoms with Gasteiger partial charge in [0.1, 0.15) is 12.4 Å². The zero-order valence-corrected chi connectivity index (χ0v) is 15.5. The van der Waals surface area contributed by atoms with Crippen LogP contribution in [0, 0.1) is 0 Å². The Morgan fingerprint density at radius 2 is 1.64 bits per heavy atom. The molecular formula is C20H15BrClNO2. The van der Waals surface area contributed by atoms with E-state index < -0.39 is 0 Å². The zero-order chi connectivity index (χ0) is 17.6. The van der Waals surface area contributed by atoms with Gasteiger partial charge in [0.25, 0.3) is 5.91 Å². The van der Waals surface area contributed by atoms with Crippen LogP contribution in [0.15, 0.2) is 77.3 Å². The fraction of sp³-hybridized carbons (Fsp3) is 0.0500. The Hall–Kier alpha value is -2.30. The van der Waals surface area contributed by atoms with Crippen LogP contribution in [-0.2, 0) is 6.61 Å². The summed E-state index contributed by atoms with van der Waals surface area (Å²) < 4.78 is 6.68. The average Bonchev–Trinajstić information content (AvgIpc) is 2.63. The number of amides is 1. The first-order chi connectivity index (χ1) is 12.1. The Morgan fingerprint density at radius 1 is 0.960 bits per heavy atom. The molecule has 25 heavy (non-hydrogen) atoms. The summed E-state index contributed by atoms with van der Waals surface area (Å²) in [5.41, 5.74) is 2.13. The molecule has 0 aliphatic rings. The molecule has 0 bridgehead atoms. The molecule has 0 aliphatic carbocycles. The van der Waals surface area contributed by atoms with Crippen LogP contribution in [0.25, 0.3) is 0 Å². The van der Waals surface area contributed by atoms with Crippen molar-refractivity contribution < 1.29 is 9.53 Å². The highest BCUT2D eigenvalue weighted by Gasteiger charge is 2.08. The van der Waals surface area contributed by atoms with Gasteiger partial charge < -0.3 is 10.1 Å². The molecule has 0 saturated heterocycles. The fourth-order valence-corrected chi connectivity index (χ4v) is 2.81. The molecule has 0 saturated carbocycles. The maximum Gasteiger partial charge on any atom is 0.255 e. The summed E-state index contributed by atoms with van der Waals surface area (Å²) in [6, 6.07) is 22.1. The van der Waals surface area contributed by atoms with E-state index in [-0.39, 0.29) is 5.91 Å². The van der Waals surface area contributed by atoms with Crippen LogP contribution in [0.4, 0.5) is 5.69 Å². The minimum absolute atomic E-state index is 0.202. The Kier molecular flexibility index (Phi) is 5.74. The lowest BCUT2D eigenvalue weighted by Crippen LogP contribution is -2.12. The van der Waals surface area contributed by atoms with Crippen molar-refractivity contribution in [1.29, 1.82) is 0 Å². The third-order valence-electron chi connectivity index (χ3n) is 3.57. The predicted octanol–water partition coefficient (Wildman–Crippen LogP) is 5.93. The van der Waals surface area contributed by atoms with Crippen molar-refractivity contribution in [2.24, 2.45) is 0 Å². The molecule has 5 heteroatoms. The standard InChI is InChI=1S/C20H15BrClNO2/c21-16-5-1-4-8-19(16)25-13-14-9-11-15(12-10-14)20(24)23-18-7-3-2-6-17(18)22/h1-12H,13H2,(H,23,24). The van der Waals surface area contributed by atoms with Gasteiger partial charge in [0.15, 0.2) is 0 Å². The average molecular weight is 417 g/mol. The molecule has 0 radical (unpaired) electrons. The van der Waals surface area contributed by atoms with Crippen molar-refractivity contribution in [3.05, 3.63) is 93.4 Å². The summed E-state index contributed by atoms with van der Waals surface area (Å²) in [5, 5.41) is 3.31. The molecule has 1 N–H and O–H groups in total. The molecule has 1 amide bonds. The molecule has 3 nitrogen and oxygen atoms in total. The number of hydrogen-bond acceptors (Lipinski definition) is 2. The summed E-state index contributed by atoms with van der Waals surface area (Å²) in [4.78, 5) is 12.3. The fourth-order valence-electron chi connectivity index (χ4n) is 2.23. The molecular weight excluding hydrogens is 402 g/mol. The number of para-hydroxylation sites is 2. The van der Waals surface area contributed by atoms with E-state index in [1.165, 1.54) is 0 Å². The highest BCUT2D eigenvalue weighted by Crippen LogP contribution is 2.25. The molecule has 126 valence electrons. The summed E-state index contributed by atoms with van der Waals surface area (Å²) in [6.07, 6.45) is 0. The monoisotopic (exact) mass is 415 g/mol. The first kappa shape index (κ1) is 17.5. The highest BCUT2D eigenvalue weighted by atomic mass is 79.9. The number of anilines is 1. The number of carbonyl (C=O) groups is 1. The highest BCUT2D eigenvalue weighted by molar-refractivity contribution is 9.10. The summed E-state index contributed by atoms with van der Waals surface area (Å²) in [5.74, 6) is 0.578. The van der Waals surface area contributed by atoms with E-state index in [2.05, 4.69) is 21.2 Å². The van der Waals surface area contributed by atoms with E-state index in [1.54, 1.807) is 24.3 Å². The molecule has 0 unspecified atom stereocenters. The minimum atomic E-state index is -0.202. The number of benzene rings is 3. The second-order valence-electron chi connectivity index (χ2n) is 5.35. The lowest BCUT2D eigenvalue weighted by atomic mass is 10.1. The summed E-state index contributed by atoms with van der Waals surface area (Å²) in [7, 11) is 0. The van der Waals surface area contributed by atoms with Crippen LogP contribution in [0.3, 0.4) is 0 Å². The SMILES string of the molecule is O=C(Nc1ccccc1Cl)c1ccc(COc2ccccc2Br)cc1. The normalized spacial score (nSPS) is 10.3. The lowest BCUT2D eigenvalue weighted by Gasteiger charge is -2.09. The zero-order valence-electron chi connectivity index (χ0n) is 13.2. The molecule has 0 heterocycles. The lowest BCUT2D eigenvalue weighted by molar-refractivity contribution is 0.102. The minimum Gasteiger partial charge on any atom is -0.488 e. The number of rotatable bonds is 5. The van der Waals surface area contributed by atoms with Crippen LogP contribution < -0.4 is 10.1 Å². The van der Waals surface area contributed by atoms with E-state index in [1.807, 2.05) is 48.5 Å². The van der Waals surface area contributed by atoms with Crippen molar-refractivity contribution >= 4 is 39.1 Å². The molecule has 0 atom stereocenters. The maximum absolute atomic E-state index is 12.3. The molecule has 0 aromatic heterocycles. The Balaban J connectivity index is 1.63. The number of ether oxygens (including phenoxy) is 1. The number of hydrogen-bond donors (Lipinski definition) is 1. The Labute approximate surface area is 159 Å². The maximum atomic E-state index is 12.3. The second-order valence-corrected chi connectivity index (χ2v) is 6.61.